The molecule has 2 N–H and O–H groups in total. The Balaban J connectivity index is 2.17. The zero-order valence-electron chi connectivity index (χ0n) is 14.2. The van der Waals surface area contributed by atoms with E-state index in [2.05, 4.69) is 59.6 Å². The van der Waals surface area contributed by atoms with E-state index < -0.39 is 0 Å². The van der Waals surface area contributed by atoms with E-state index in [4.69, 9.17) is 0 Å². The normalized spacial score (nSPS) is 10.7. The van der Waals surface area contributed by atoms with Crippen LogP contribution in [0.25, 0.3) is 0 Å². The fourth-order valence-corrected chi connectivity index (χ4v) is 2.30. The number of nitrogens with one attached hydrogen (secondary N) is 2. The maximum absolute atomic E-state index is 11.9. The van der Waals surface area contributed by atoms with Crippen molar-refractivity contribution in [2.24, 2.45) is 0 Å². The number of amides is 1. The van der Waals surface area contributed by atoms with Crippen LogP contribution in [-0.2, 0) is 0 Å². The average Bonchev–Trinajstić information content (AvgIpc) is 2.55. The molecule has 0 saturated heterocycles. The molecule has 0 unspecified atom stereocenters. The minimum absolute atomic E-state index is 0.142. The van der Waals surface area contributed by atoms with Crippen LogP contribution in [0.4, 0.5) is 11.6 Å². The number of aryl methyl sites for hydroxylation is 1. The molecule has 0 spiro atoms. The van der Waals surface area contributed by atoms with Crippen molar-refractivity contribution in [2.45, 2.75) is 40.0 Å². The number of hydrogen-bond donors (Lipinski definition) is 2. The molecule has 23 heavy (non-hydrogen) atoms. The highest BCUT2D eigenvalue weighted by molar-refractivity contribution is 5.93. The minimum atomic E-state index is -0.142. The number of aromatic nitrogens is 2. The van der Waals surface area contributed by atoms with Crippen molar-refractivity contribution in [2.75, 3.05) is 11.9 Å². The van der Waals surface area contributed by atoms with Gasteiger partial charge in [-0.2, -0.15) is 0 Å². The lowest BCUT2D eigenvalue weighted by Gasteiger charge is -2.16. The van der Waals surface area contributed by atoms with Crippen molar-refractivity contribution in [1.82, 2.24) is 15.3 Å². The first-order valence-corrected chi connectivity index (χ1v) is 7.99. The van der Waals surface area contributed by atoms with Crippen molar-refractivity contribution in [3.63, 3.8) is 0 Å². The Morgan fingerprint density at radius 3 is 2.52 bits per heavy atom. The molecule has 1 heterocycles. The highest BCUT2D eigenvalue weighted by atomic mass is 16.1. The molecule has 0 aliphatic carbocycles. The quantitative estimate of drug-likeness (QED) is 0.851. The molecule has 5 nitrogen and oxygen atoms in total. The van der Waals surface area contributed by atoms with E-state index in [1.807, 2.05) is 6.92 Å². The third-order valence-electron chi connectivity index (χ3n) is 3.61. The number of rotatable bonds is 6. The van der Waals surface area contributed by atoms with Crippen molar-refractivity contribution in [1.29, 1.82) is 0 Å². The number of anilines is 2. The van der Waals surface area contributed by atoms with Gasteiger partial charge in [0.1, 0.15) is 0 Å². The molecule has 2 rings (SSSR count). The van der Waals surface area contributed by atoms with Crippen molar-refractivity contribution >= 4 is 17.5 Å². The molecule has 0 fully saturated rings. The second kappa shape index (κ2) is 7.72. The lowest BCUT2D eigenvalue weighted by molar-refractivity contribution is 0.0953. The Hall–Kier alpha value is -2.43. The van der Waals surface area contributed by atoms with E-state index in [9.17, 15) is 4.79 Å². The fraction of sp³-hybridized carbons (Fsp3) is 0.389. The summed E-state index contributed by atoms with van der Waals surface area (Å²) in [5, 5.41) is 6.09. The number of carbonyl (C=O) groups excluding carboxylic acids is 1. The highest BCUT2D eigenvalue weighted by Crippen LogP contribution is 2.29. The van der Waals surface area contributed by atoms with Gasteiger partial charge in [-0.1, -0.05) is 39.0 Å². The molecule has 0 saturated carbocycles. The number of hydrogen-bond acceptors (Lipinski definition) is 4. The molecule has 0 bridgehead atoms. The van der Waals surface area contributed by atoms with E-state index in [-0.39, 0.29) is 5.91 Å². The van der Waals surface area contributed by atoms with Gasteiger partial charge in [0.15, 0.2) is 0 Å². The van der Waals surface area contributed by atoms with E-state index >= 15 is 0 Å². The van der Waals surface area contributed by atoms with E-state index in [0.717, 1.165) is 17.7 Å². The van der Waals surface area contributed by atoms with Gasteiger partial charge in [-0.05, 0) is 30.4 Å². The minimum Gasteiger partial charge on any atom is -0.352 e. The lowest BCUT2D eigenvalue weighted by Crippen LogP contribution is -2.24. The monoisotopic (exact) mass is 312 g/mol. The van der Waals surface area contributed by atoms with Gasteiger partial charge >= 0.3 is 0 Å². The summed E-state index contributed by atoms with van der Waals surface area (Å²) in [6.45, 7) is 9.03. The maximum atomic E-state index is 11.9. The molecule has 0 radical (unpaired) electrons. The van der Waals surface area contributed by atoms with Gasteiger partial charge in [-0.15, -0.1) is 0 Å². The van der Waals surface area contributed by atoms with Gasteiger partial charge in [0.2, 0.25) is 5.95 Å². The van der Waals surface area contributed by atoms with E-state index in [1.54, 1.807) is 12.4 Å². The molecule has 1 aromatic heterocycles. The van der Waals surface area contributed by atoms with Gasteiger partial charge in [0.05, 0.1) is 5.56 Å². The Morgan fingerprint density at radius 2 is 1.91 bits per heavy atom. The number of para-hydroxylation sites is 1. The molecule has 0 atom stereocenters. The molecule has 122 valence electrons. The van der Waals surface area contributed by atoms with Crippen LogP contribution in [0.1, 0.15) is 54.6 Å². The molecule has 2 aromatic rings. The molecule has 1 aromatic carbocycles. The first-order valence-electron chi connectivity index (χ1n) is 7.99. The van der Waals surface area contributed by atoms with Crippen LogP contribution in [0.5, 0.6) is 0 Å². The van der Waals surface area contributed by atoms with Crippen molar-refractivity contribution in [3.05, 3.63) is 47.3 Å². The van der Waals surface area contributed by atoms with Gasteiger partial charge in [-0.25, -0.2) is 9.97 Å². The van der Waals surface area contributed by atoms with Crippen LogP contribution in [0.15, 0.2) is 30.6 Å². The van der Waals surface area contributed by atoms with Crippen LogP contribution in [0.3, 0.4) is 0 Å². The molecule has 5 heteroatoms. The Kier molecular flexibility index (Phi) is 5.68. The van der Waals surface area contributed by atoms with Crippen LogP contribution in [0.2, 0.25) is 0 Å². The number of carbonyl (C=O) groups is 1. The molecular formula is C18H24N4O. The lowest BCUT2D eigenvalue weighted by atomic mass is 9.98. The van der Waals surface area contributed by atoms with Crippen LogP contribution < -0.4 is 10.6 Å². The molecule has 0 aliphatic rings. The third kappa shape index (κ3) is 4.28. The summed E-state index contributed by atoms with van der Waals surface area (Å²) >= 11 is 0. The smallest absolute Gasteiger partial charge is 0.254 e. The summed E-state index contributed by atoms with van der Waals surface area (Å²) in [6.07, 6.45) is 4.00. The van der Waals surface area contributed by atoms with Gasteiger partial charge in [-0.3, -0.25) is 4.79 Å². The summed E-state index contributed by atoms with van der Waals surface area (Å²) in [4.78, 5) is 20.4. The largest absolute Gasteiger partial charge is 0.352 e. The summed E-state index contributed by atoms with van der Waals surface area (Å²) < 4.78 is 0. The zero-order chi connectivity index (χ0) is 16.8. The maximum Gasteiger partial charge on any atom is 0.254 e. The number of nitrogens with zero attached hydrogens (tertiary/aromatic N) is 2. The molecular weight excluding hydrogens is 288 g/mol. The van der Waals surface area contributed by atoms with Crippen LogP contribution in [0, 0.1) is 6.92 Å². The number of benzene rings is 1. The van der Waals surface area contributed by atoms with Crippen LogP contribution in [-0.4, -0.2) is 22.4 Å². The van der Waals surface area contributed by atoms with Gasteiger partial charge in [0.25, 0.3) is 5.91 Å². The van der Waals surface area contributed by atoms with Crippen LogP contribution >= 0.6 is 0 Å². The highest BCUT2D eigenvalue weighted by Gasteiger charge is 2.11. The van der Waals surface area contributed by atoms with Crippen molar-refractivity contribution < 1.29 is 4.79 Å². The predicted octanol–water partition coefficient (Wildman–Crippen LogP) is 3.79. The zero-order valence-corrected chi connectivity index (χ0v) is 14.2. The fourth-order valence-electron chi connectivity index (χ4n) is 2.30. The van der Waals surface area contributed by atoms with Gasteiger partial charge in [0, 0.05) is 24.6 Å². The topological polar surface area (TPSA) is 66.9 Å². The van der Waals surface area contributed by atoms with Crippen molar-refractivity contribution in [3.8, 4) is 0 Å². The van der Waals surface area contributed by atoms with E-state index in [1.165, 1.54) is 5.56 Å². The van der Waals surface area contributed by atoms with E-state index in [0.29, 0.717) is 24.0 Å². The second-order valence-corrected chi connectivity index (χ2v) is 5.87. The summed E-state index contributed by atoms with van der Waals surface area (Å²) in [5.41, 5.74) is 3.87. The standard InChI is InChI=1S/C18H24N4O/c1-5-9-19-17(23)14-10-20-18(21-11-14)22-16-13(4)7-6-8-15(16)12(2)3/h6-8,10-12H,5,9H2,1-4H3,(H,19,23)(H,20,21,22). The average molecular weight is 312 g/mol. The summed E-state index contributed by atoms with van der Waals surface area (Å²) in [5.74, 6) is 0.752. The van der Waals surface area contributed by atoms with Gasteiger partial charge < -0.3 is 10.6 Å². The molecule has 0 aliphatic heterocycles. The Bertz CT molecular complexity index is 665. The first kappa shape index (κ1) is 16.9. The Morgan fingerprint density at radius 1 is 1.22 bits per heavy atom. The SMILES string of the molecule is CCCNC(=O)c1cnc(Nc2c(C)cccc2C(C)C)nc1. The first-order chi connectivity index (χ1) is 11.0. The Labute approximate surface area is 137 Å². The second-order valence-electron chi connectivity index (χ2n) is 5.87. The third-order valence-corrected chi connectivity index (χ3v) is 3.61. The summed E-state index contributed by atoms with van der Waals surface area (Å²) in [7, 11) is 0. The molecule has 1 amide bonds. The summed E-state index contributed by atoms with van der Waals surface area (Å²) in [6, 6.07) is 6.21. The predicted molar refractivity (Wildman–Crippen MR) is 93.2 cm³/mol.